The quantitative estimate of drug-likeness (QED) is 0.390. The Kier molecular flexibility index (Phi) is 9.04. The van der Waals surface area contributed by atoms with Crippen LogP contribution in [0.2, 0.25) is 5.02 Å². The molecular formula is C23H32Cl3N7. The molecule has 3 aromatic rings. The van der Waals surface area contributed by atoms with Crippen LogP contribution in [0.25, 0.3) is 11.2 Å². The highest BCUT2D eigenvalue weighted by Gasteiger charge is 2.25. The number of anilines is 2. The van der Waals surface area contributed by atoms with E-state index in [2.05, 4.69) is 20.2 Å². The third-order valence-corrected chi connectivity index (χ3v) is 6.99. The largest absolute Gasteiger partial charge is 0.351 e. The lowest BCUT2D eigenvalue weighted by molar-refractivity contribution is 0.410. The Hall–Kier alpha value is -1.80. The standard InChI is InChI=1S/C23H30ClN7.2ClH/c24-19-8-4-1-5-15(19)13-27-23-29-20-14-26-22(28-17-11-9-16(25)10-12-17)30-21(20)31(23)18-6-2-3-7-18;;/h1,4-5,8,14,16-18H,2-3,6-7,9-13,25H2,(H,27,29)(H,26,28,30);2*1H/t16-,17-;;. The van der Waals surface area contributed by atoms with E-state index in [1.165, 1.54) is 12.8 Å². The van der Waals surface area contributed by atoms with Gasteiger partial charge in [0.1, 0.15) is 5.52 Å². The molecule has 0 unspecified atom stereocenters. The summed E-state index contributed by atoms with van der Waals surface area (Å²) in [5, 5.41) is 7.80. The van der Waals surface area contributed by atoms with Crippen molar-refractivity contribution in [1.82, 2.24) is 19.5 Å². The fourth-order valence-corrected chi connectivity index (χ4v) is 5.06. The van der Waals surface area contributed by atoms with Crippen molar-refractivity contribution in [2.45, 2.75) is 76.0 Å². The topological polar surface area (TPSA) is 93.7 Å². The summed E-state index contributed by atoms with van der Waals surface area (Å²) in [6, 6.07) is 9.04. The number of rotatable bonds is 6. The Morgan fingerprint density at radius 2 is 1.73 bits per heavy atom. The molecule has 10 heteroatoms. The van der Waals surface area contributed by atoms with Gasteiger partial charge in [0.15, 0.2) is 5.65 Å². The maximum absolute atomic E-state index is 6.35. The van der Waals surface area contributed by atoms with Gasteiger partial charge in [-0.2, -0.15) is 4.98 Å². The molecule has 0 aliphatic heterocycles. The maximum Gasteiger partial charge on any atom is 0.224 e. The number of benzene rings is 1. The number of hydrogen-bond donors (Lipinski definition) is 3. The lowest BCUT2D eigenvalue weighted by Crippen LogP contribution is -2.33. The molecule has 0 atom stereocenters. The second kappa shape index (κ2) is 11.6. The van der Waals surface area contributed by atoms with Crippen molar-refractivity contribution in [2.75, 3.05) is 10.6 Å². The molecule has 0 saturated heterocycles. The smallest absolute Gasteiger partial charge is 0.224 e. The Balaban J connectivity index is 0.00000153. The van der Waals surface area contributed by atoms with Gasteiger partial charge in [0.25, 0.3) is 0 Å². The van der Waals surface area contributed by atoms with E-state index in [-0.39, 0.29) is 24.8 Å². The first-order chi connectivity index (χ1) is 15.2. The molecule has 2 saturated carbocycles. The van der Waals surface area contributed by atoms with Gasteiger partial charge in [0.2, 0.25) is 11.9 Å². The summed E-state index contributed by atoms with van der Waals surface area (Å²) in [6.07, 6.45) is 10.9. The molecule has 0 spiro atoms. The first-order valence-electron chi connectivity index (χ1n) is 11.4. The first kappa shape index (κ1) is 25.8. The van der Waals surface area contributed by atoms with E-state index < -0.39 is 0 Å². The van der Waals surface area contributed by atoms with Crippen LogP contribution in [0.5, 0.6) is 0 Å². The Labute approximate surface area is 212 Å². The first-order valence-corrected chi connectivity index (χ1v) is 11.8. The fraction of sp³-hybridized carbons (Fsp3) is 0.522. The van der Waals surface area contributed by atoms with Crippen LogP contribution in [0.1, 0.15) is 63.0 Å². The SMILES string of the molecule is Cl.Cl.N[C@H]1CC[C@H](Nc2ncc3nc(NCc4ccccc4Cl)n(C4CCCC4)c3n2)CC1. The van der Waals surface area contributed by atoms with Crippen molar-refractivity contribution < 1.29 is 0 Å². The van der Waals surface area contributed by atoms with Crippen molar-refractivity contribution in [3.05, 3.63) is 41.0 Å². The van der Waals surface area contributed by atoms with Gasteiger partial charge < -0.3 is 16.4 Å². The number of imidazole rings is 1. The molecule has 1 aromatic carbocycles. The molecule has 180 valence electrons. The van der Waals surface area contributed by atoms with Crippen molar-refractivity contribution in [3.8, 4) is 0 Å². The minimum Gasteiger partial charge on any atom is -0.351 e. The summed E-state index contributed by atoms with van der Waals surface area (Å²) in [6.45, 7) is 0.622. The van der Waals surface area contributed by atoms with E-state index >= 15 is 0 Å². The van der Waals surface area contributed by atoms with Crippen LogP contribution >= 0.6 is 36.4 Å². The molecule has 0 bridgehead atoms. The van der Waals surface area contributed by atoms with Crippen LogP contribution in [0, 0.1) is 0 Å². The molecule has 7 nitrogen and oxygen atoms in total. The van der Waals surface area contributed by atoms with Crippen LogP contribution in [0.3, 0.4) is 0 Å². The van der Waals surface area contributed by atoms with Gasteiger partial charge in [-0.05, 0) is 50.2 Å². The molecule has 2 aliphatic carbocycles. The summed E-state index contributed by atoms with van der Waals surface area (Å²) in [7, 11) is 0. The third kappa shape index (κ3) is 5.83. The summed E-state index contributed by atoms with van der Waals surface area (Å²) in [5.41, 5.74) is 8.83. The average Bonchev–Trinajstić information content (AvgIpc) is 3.42. The number of hydrogen-bond acceptors (Lipinski definition) is 6. The molecule has 2 heterocycles. The van der Waals surface area contributed by atoms with Crippen LogP contribution in [-0.4, -0.2) is 31.6 Å². The Morgan fingerprint density at radius 1 is 1.00 bits per heavy atom. The van der Waals surface area contributed by atoms with E-state index in [1.54, 1.807) is 0 Å². The van der Waals surface area contributed by atoms with Crippen molar-refractivity contribution in [1.29, 1.82) is 0 Å². The Morgan fingerprint density at radius 3 is 2.45 bits per heavy atom. The lowest BCUT2D eigenvalue weighted by Gasteiger charge is -2.26. The number of aromatic nitrogens is 4. The van der Waals surface area contributed by atoms with Crippen LogP contribution in [0.15, 0.2) is 30.5 Å². The zero-order valence-corrected chi connectivity index (χ0v) is 20.9. The van der Waals surface area contributed by atoms with E-state index in [4.69, 9.17) is 27.3 Å². The predicted molar refractivity (Wildman–Crippen MR) is 140 cm³/mol. The summed E-state index contributed by atoms with van der Waals surface area (Å²) in [4.78, 5) is 14.3. The molecule has 4 N–H and O–H groups in total. The normalized spacial score (nSPS) is 20.8. The number of fused-ring (bicyclic) bond motifs is 1. The number of nitrogens with two attached hydrogens (primary N) is 1. The Bertz CT molecular complexity index is 1040. The molecule has 5 rings (SSSR count). The molecular weight excluding hydrogens is 481 g/mol. The van der Waals surface area contributed by atoms with E-state index in [0.29, 0.717) is 30.6 Å². The second-order valence-corrected chi connectivity index (χ2v) is 9.25. The van der Waals surface area contributed by atoms with Crippen molar-refractivity contribution in [3.63, 3.8) is 0 Å². The monoisotopic (exact) mass is 511 g/mol. The van der Waals surface area contributed by atoms with Gasteiger partial charge in [-0.25, -0.2) is 9.97 Å². The predicted octanol–water partition coefficient (Wildman–Crippen LogP) is 5.73. The second-order valence-electron chi connectivity index (χ2n) is 8.85. The highest BCUT2D eigenvalue weighted by Crippen LogP contribution is 2.35. The van der Waals surface area contributed by atoms with Gasteiger partial charge in [-0.3, -0.25) is 4.57 Å². The minimum absolute atomic E-state index is 0. The molecule has 2 aromatic heterocycles. The zero-order valence-electron chi connectivity index (χ0n) is 18.5. The maximum atomic E-state index is 6.35. The summed E-state index contributed by atoms with van der Waals surface area (Å²) >= 11 is 6.35. The third-order valence-electron chi connectivity index (χ3n) is 6.62. The highest BCUT2D eigenvalue weighted by atomic mass is 35.5. The number of nitrogens with zero attached hydrogens (tertiary/aromatic N) is 4. The van der Waals surface area contributed by atoms with Crippen LogP contribution < -0.4 is 16.4 Å². The van der Waals surface area contributed by atoms with E-state index in [9.17, 15) is 0 Å². The minimum atomic E-state index is 0. The van der Waals surface area contributed by atoms with Gasteiger partial charge in [-0.15, -0.1) is 24.8 Å². The average molecular weight is 513 g/mol. The molecule has 2 fully saturated rings. The van der Waals surface area contributed by atoms with Crippen LogP contribution in [0.4, 0.5) is 11.9 Å². The molecule has 2 aliphatic rings. The summed E-state index contributed by atoms with van der Waals surface area (Å²) < 4.78 is 2.28. The fourth-order valence-electron chi connectivity index (χ4n) is 4.86. The van der Waals surface area contributed by atoms with Gasteiger partial charge in [-0.1, -0.05) is 42.6 Å². The van der Waals surface area contributed by atoms with Gasteiger partial charge >= 0.3 is 0 Å². The van der Waals surface area contributed by atoms with Crippen molar-refractivity contribution >= 4 is 59.5 Å². The van der Waals surface area contributed by atoms with E-state index in [0.717, 1.165) is 66.2 Å². The van der Waals surface area contributed by atoms with Crippen LogP contribution in [-0.2, 0) is 6.54 Å². The lowest BCUT2D eigenvalue weighted by atomic mass is 9.92. The van der Waals surface area contributed by atoms with E-state index in [1.807, 2.05) is 30.5 Å². The number of halogens is 3. The summed E-state index contributed by atoms with van der Waals surface area (Å²) in [5.74, 6) is 1.53. The molecule has 0 radical (unpaired) electrons. The molecule has 0 amide bonds. The molecule has 33 heavy (non-hydrogen) atoms. The van der Waals surface area contributed by atoms with Gasteiger partial charge in [0, 0.05) is 29.7 Å². The number of nitrogens with one attached hydrogen (secondary N) is 2. The van der Waals surface area contributed by atoms with Crippen molar-refractivity contribution in [2.24, 2.45) is 5.73 Å². The highest BCUT2D eigenvalue weighted by molar-refractivity contribution is 6.31. The zero-order chi connectivity index (χ0) is 21.2. The van der Waals surface area contributed by atoms with Gasteiger partial charge in [0.05, 0.1) is 6.20 Å².